The van der Waals surface area contributed by atoms with Crippen molar-refractivity contribution in [3.05, 3.63) is 275 Å². The number of nitrogen functional groups attached to an aromatic ring is 1. The molecular weight excluding hydrogens is 1960 g/mol. The van der Waals surface area contributed by atoms with Crippen LogP contribution in [0.4, 0.5) is 48.6 Å². The highest BCUT2D eigenvalue weighted by atomic mass is 79.9. The molecule has 28 nitrogen and oxygen atoms in total. The Morgan fingerprint density at radius 3 is 1.37 bits per heavy atom. The lowest BCUT2D eigenvalue weighted by Crippen LogP contribution is -2.27. The maximum absolute atomic E-state index is 12.2. The minimum atomic E-state index is -0.665. The predicted octanol–water partition coefficient (Wildman–Crippen LogP) is 24.5. The molecule has 8 N–H and O–H groups in total. The van der Waals surface area contributed by atoms with Gasteiger partial charge in [-0.1, -0.05) is 136 Å². The number of aromatic amines is 2. The van der Waals surface area contributed by atoms with Crippen molar-refractivity contribution < 1.29 is 38.2 Å². The number of anilines is 6. The molecule has 0 saturated heterocycles. The van der Waals surface area contributed by atoms with Crippen LogP contribution in [0.2, 0.25) is 46.1 Å². The number of allylic oxidation sites excluding steroid dienone is 1. The number of nitrogens with zero attached hydrogens (tertiary/aromatic N) is 11. The van der Waals surface area contributed by atoms with E-state index in [-0.39, 0.29) is 49.7 Å². The Hall–Kier alpha value is -10.0. The van der Waals surface area contributed by atoms with Crippen LogP contribution in [0.5, 0.6) is 0 Å². The number of Topliss-reactive ketones (excluding diaryl/α,β-unsaturated/α-hetero) is 1. The number of ether oxygens (including phenoxy) is 3. The highest BCUT2D eigenvalue weighted by molar-refractivity contribution is 9.11. The molecule has 0 aliphatic heterocycles. The smallest absolute Gasteiger partial charge is 0.412 e. The lowest BCUT2D eigenvalue weighted by Gasteiger charge is -2.20. The van der Waals surface area contributed by atoms with E-state index in [2.05, 4.69) is 129 Å². The van der Waals surface area contributed by atoms with Crippen molar-refractivity contribution in [1.29, 1.82) is 0 Å². The van der Waals surface area contributed by atoms with E-state index in [0.717, 1.165) is 42.3 Å². The van der Waals surface area contributed by atoms with Crippen LogP contribution in [-0.2, 0) is 14.2 Å². The molecule has 642 valence electrons. The Balaban J connectivity index is 0.000000250. The summed E-state index contributed by atoms with van der Waals surface area (Å²) in [5, 5.41) is 17.0. The van der Waals surface area contributed by atoms with E-state index < -0.39 is 35.1 Å². The van der Waals surface area contributed by atoms with E-state index in [4.69, 9.17) is 124 Å². The largest absolute Gasteiger partial charge is 0.444 e. The van der Waals surface area contributed by atoms with Gasteiger partial charge in [0.15, 0.2) is 17.0 Å². The molecule has 0 spiro atoms. The molecule has 12 heterocycles. The summed E-state index contributed by atoms with van der Waals surface area (Å²) in [4.78, 5) is 128. The first-order chi connectivity index (χ1) is 57.3. The quantitative estimate of drug-likeness (QED) is 0.0305. The van der Waals surface area contributed by atoms with Crippen LogP contribution in [-0.4, -0.2) is 125 Å². The summed E-state index contributed by atoms with van der Waals surface area (Å²) in [6, 6.07) is 27.4. The molecule has 0 fully saturated rings. The molecule has 122 heavy (non-hydrogen) atoms. The van der Waals surface area contributed by atoms with Gasteiger partial charge in [-0.3, -0.25) is 45.1 Å². The number of para-hydroxylation sites is 1. The number of ketones is 2. The number of amides is 3. The predicted molar refractivity (Wildman–Crippen MR) is 501 cm³/mol. The number of carbonyl (C=O) groups is 5. The number of fused-ring (bicyclic) bond motifs is 4. The van der Waals surface area contributed by atoms with Gasteiger partial charge in [0.05, 0.1) is 134 Å². The van der Waals surface area contributed by atoms with Crippen molar-refractivity contribution in [1.82, 2.24) is 64.7 Å². The van der Waals surface area contributed by atoms with Gasteiger partial charge in [-0.2, -0.15) is 0 Å². The molecule has 1 aromatic carbocycles. The monoisotopic (exact) mass is 2030 g/mol. The second-order valence-electron chi connectivity index (χ2n) is 27.3. The van der Waals surface area contributed by atoms with Gasteiger partial charge >= 0.3 is 18.3 Å². The molecule has 12 aromatic heterocycles. The summed E-state index contributed by atoms with van der Waals surface area (Å²) < 4.78 is 17.3. The third-order valence-electron chi connectivity index (χ3n) is 13.9. The standard InChI is InChI=1S/C15H20ClN3O3.C14H9BrClN3.C12H15ClN2O3.C10H13ClN2O2.C8H3BrCl2N2.C8H4BrClN2O.C8H5ClN2O.C5H5ClN2.C2H6/c1-15(2,3)22-14(21)18-11-9-17-13(16)8-10(11)12(20)6-7-19(4)5;15-11-7-17-12-8-18-13(6-10(12)14(11)16)19-9-4-2-1-3-5-9;1-7(16)8-5-10(13)14-6-9(8)15-11(17)18-12(2,3)4;1-10(2,3)15-9(14)13-7-4-5-8(11)12-6-7;9-5-2-12-6-3-13-7(10)1-4(6)8(5)11;9-5-2-11-6-3-12-7(10)1-4(6)8(5)13;9-8-3-5-6(4-11-8)10-2-1-7(5)12;6-5-2-1-4(7)3-8-5;1-2/h6-9H,1-5H3,(H,18,21);1-8H,(H,18,19);5-6H,1-4H3,(H,15,17);4-6H,1-3H3,(H,13,14);1-3H;1-3H,(H,11,13);1-4H,(H,10,12);1-3H,7H2;1-2H3/b7-6+;;;;;;;;. The van der Waals surface area contributed by atoms with E-state index >= 15 is 0 Å². The molecule has 0 unspecified atom stereocenters. The van der Waals surface area contributed by atoms with E-state index in [0.29, 0.717) is 79.0 Å². The second kappa shape index (κ2) is 49.3. The number of pyridine rings is 12. The Bertz CT molecular complexity index is 5890. The van der Waals surface area contributed by atoms with Crippen LogP contribution in [0.1, 0.15) is 104 Å². The third kappa shape index (κ3) is 36.6. The topological polar surface area (TPSA) is 385 Å². The van der Waals surface area contributed by atoms with Gasteiger partial charge in [0.2, 0.25) is 5.43 Å². The molecule has 0 bridgehead atoms. The van der Waals surface area contributed by atoms with Crippen LogP contribution in [0.25, 0.3) is 43.6 Å². The molecule has 13 aromatic rings. The molecular formula is C82H80Br3Cl9N18O10. The number of nitrogens with two attached hydrogens (primary N) is 1. The highest BCUT2D eigenvalue weighted by Crippen LogP contribution is 2.33. The van der Waals surface area contributed by atoms with Crippen molar-refractivity contribution in [2.24, 2.45) is 0 Å². The maximum atomic E-state index is 12.2. The summed E-state index contributed by atoms with van der Waals surface area (Å²) in [6.07, 6.45) is 19.7. The average molecular weight is 2040 g/mol. The first kappa shape index (κ1) is 103. The van der Waals surface area contributed by atoms with Crippen LogP contribution >= 0.6 is 152 Å². The van der Waals surface area contributed by atoms with Gasteiger partial charge in [-0.25, -0.2) is 54.3 Å². The van der Waals surface area contributed by atoms with E-state index in [1.807, 2.05) is 50.2 Å². The van der Waals surface area contributed by atoms with Gasteiger partial charge in [-0.15, -0.1) is 0 Å². The van der Waals surface area contributed by atoms with Crippen molar-refractivity contribution >= 4 is 260 Å². The lowest BCUT2D eigenvalue weighted by atomic mass is 10.1. The fraction of sp³-hybridized carbons (Fsp3) is 0.207. The van der Waals surface area contributed by atoms with Crippen LogP contribution < -0.4 is 37.9 Å². The normalized spacial score (nSPS) is 10.6. The zero-order valence-electron chi connectivity index (χ0n) is 67.4. The molecule has 0 saturated carbocycles. The Morgan fingerprint density at radius 2 is 0.885 bits per heavy atom. The number of halogens is 12. The van der Waals surface area contributed by atoms with E-state index in [1.54, 1.807) is 173 Å². The maximum Gasteiger partial charge on any atom is 0.412 e. The van der Waals surface area contributed by atoms with Gasteiger partial charge < -0.3 is 40.1 Å². The van der Waals surface area contributed by atoms with Gasteiger partial charge in [0.1, 0.15) is 58.7 Å². The third-order valence-corrected chi connectivity index (χ3v) is 18.4. The minimum Gasteiger partial charge on any atom is -0.444 e. The minimum absolute atomic E-state index is 0.0481. The zero-order valence-corrected chi connectivity index (χ0v) is 79.0. The first-order valence-electron chi connectivity index (χ1n) is 35.6. The lowest BCUT2D eigenvalue weighted by molar-refractivity contribution is 0.0624. The van der Waals surface area contributed by atoms with Crippen molar-refractivity contribution in [2.75, 3.05) is 41.1 Å². The Kier molecular flexibility index (Phi) is 41.5. The number of rotatable bonds is 9. The highest BCUT2D eigenvalue weighted by Gasteiger charge is 2.22. The molecule has 0 atom stereocenters. The number of aromatic nitrogens is 12. The second-order valence-corrected chi connectivity index (χ2v) is 33.4. The fourth-order valence-electron chi connectivity index (χ4n) is 8.85. The molecule has 0 aliphatic carbocycles. The Labute approximate surface area is 771 Å². The van der Waals surface area contributed by atoms with Crippen LogP contribution in [0.3, 0.4) is 0 Å². The summed E-state index contributed by atoms with van der Waals surface area (Å²) in [5.41, 5.74) is 9.51. The van der Waals surface area contributed by atoms with Crippen LogP contribution in [0.15, 0.2) is 207 Å². The first-order valence-corrected chi connectivity index (χ1v) is 41.4. The fourth-order valence-corrected chi connectivity index (χ4v) is 11.2. The number of hydrogen-bond acceptors (Lipinski definition) is 23. The van der Waals surface area contributed by atoms with Crippen molar-refractivity contribution in [2.45, 2.75) is 99.9 Å². The average Bonchev–Trinajstić information content (AvgIpc) is 0.737. The molecule has 3 amide bonds. The number of nitrogens with one attached hydrogen (secondary N) is 6. The van der Waals surface area contributed by atoms with Gasteiger partial charge in [0.25, 0.3) is 0 Å². The number of carbonyl (C=O) groups excluding carboxylic acids is 5. The zero-order chi connectivity index (χ0) is 90.9. The van der Waals surface area contributed by atoms with Gasteiger partial charge in [-0.05, 0) is 190 Å². The Morgan fingerprint density at radius 1 is 0.451 bits per heavy atom. The summed E-state index contributed by atoms with van der Waals surface area (Å²) in [7, 11) is 3.59. The number of H-pyrrole nitrogens is 2. The summed E-state index contributed by atoms with van der Waals surface area (Å²) in [6.45, 7) is 21.3. The van der Waals surface area contributed by atoms with Crippen LogP contribution in [0, 0.1) is 0 Å². The SMILES string of the molecule is CC.CC(=O)c1cc(Cl)ncc1NC(=O)OC(C)(C)C.CC(C)(C)OC(=O)Nc1ccc(Cl)nc1.CN(C)/C=C/C(=O)c1cc(Cl)ncc1NC(=O)OC(C)(C)C.Clc1c(Br)cnc2cnc(Nc3ccccc3)cc12.Clc1cc2c(Cl)c(Br)cnc2cn1.Nc1ccc(Cl)nc1.O=c1c(Br)c[nH]c2cnc(Cl)cc12.O=c1cc[nH]c2cnc(Cl)cc12. The molecule has 0 radical (unpaired) electrons. The molecule has 0 aliphatic rings. The summed E-state index contributed by atoms with van der Waals surface area (Å²) in [5.74, 6) is 0.218. The van der Waals surface area contributed by atoms with Crippen molar-refractivity contribution in [3.8, 4) is 0 Å². The molecule has 40 heteroatoms. The molecule has 13 rings (SSSR count). The van der Waals surface area contributed by atoms with E-state index in [1.165, 1.54) is 62.2 Å². The van der Waals surface area contributed by atoms with Gasteiger partial charge in [0, 0.05) is 79.2 Å². The number of benzene rings is 1. The van der Waals surface area contributed by atoms with Crippen molar-refractivity contribution in [3.63, 3.8) is 0 Å². The van der Waals surface area contributed by atoms with E-state index in [9.17, 15) is 33.6 Å². The number of hydrogen-bond donors (Lipinski definition) is 7. The summed E-state index contributed by atoms with van der Waals surface area (Å²) >= 11 is 61.7.